The Morgan fingerprint density at radius 2 is 1.03 bits per heavy atom. The summed E-state index contributed by atoms with van der Waals surface area (Å²) >= 11 is 0. The van der Waals surface area contributed by atoms with E-state index in [0.717, 1.165) is 24.3 Å². The van der Waals surface area contributed by atoms with Gasteiger partial charge in [-0.2, -0.15) is 0 Å². The Bertz CT molecular complexity index is 1350. The summed E-state index contributed by atoms with van der Waals surface area (Å²) in [6.07, 6.45) is -0.349. The first kappa shape index (κ1) is 27.9. The average Bonchev–Trinajstić information content (AvgIpc) is 2.83. The van der Waals surface area contributed by atoms with Crippen LogP contribution in [0.1, 0.15) is 43.0 Å². The molecule has 0 aliphatic heterocycles. The van der Waals surface area contributed by atoms with E-state index in [4.69, 9.17) is 11.5 Å². The molecular weight excluding hydrogens is 502 g/mol. The number of carbonyl (C=O) groups excluding carboxylic acids is 2. The van der Waals surface area contributed by atoms with Crippen molar-refractivity contribution in [2.24, 2.45) is 11.5 Å². The van der Waals surface area contributed by atoms with Crippen molar-refractivity contribution in [2.45, 2.75) is 12.8 Å². The van der Waals surface area contributed by atoms with Crippen LogP contribution in [0.2, 0.25) is 0 Å². The van der Waals surface area contributed by atoms with E-state index in [1.165, 1.54) is 0 Å². The summed E-state index contributed by atoms with van der Waals surface area (Å²) < 4.78 is 0. The first-order chi connectivity index (χ1) is 17.8. The van der Waals surface area contributed by atoms with Gasteiger partial charge in [0.15, 0.2) is 0 Å². The Balaban J connectivity index is 2.20. The molecule has 0 radical (unpaired) electrons. The van der Waals surface area contributed by atoms with Crippen molar-refractivity contribution in [3.63, 3.8) is 0 Å². The quantitative estimate of drug-likeness (QED) is 0.0994. The summed E-state index contributed by atoms with van der Waals surface area (Å²) in [5, 5.41) is 61.7. The van der Waals surface area contributed by atoms with Crippen LogP contribution in [0.15, 0.2) is 48.5 Å². The first-order valence-corrected chi connectivity index (χ1v) is 10.8. The number of nitro benzene ring substituents is 2. The van der Waals surface area contributed by atoms with Crippen LogP contribution < -0.4 is 22.4 Å². The third-order valence-electron chi connectivity index (χ3n) is 5.82. The van der Waals surface area contributed by atoms with E-state index in [1.54, 1.807) is 24.3 Å². The van der Waals surface area contributed by atoms with Gasteiger partial charge in [-0.3, -0.25) is 29.8 Å². The predicted octanol–water partition coefficient (Wildman–Crippen LogP) is -1.76. The normalized spacial score (nSPS) is 10.6. The third-order valence-corrected chi connectivity index (χ3v) is 5.82. The molecule has 0 aliphatic carbocycles. The summed E-state index contributed by atoms with van der Waals surface area (Å²) in [6, 6.07) is 10.1. The van der Waals surface area contributed by atoms with Gasteiger partial charge in [0.2, 0.25) is 11.8 Å². The van der Waals surface area contributed by atoms with Crippen LogP contribution in [-0.4, -0.2) is 56.0 Å². The molecule has 0 saturated heterocycles. The van der Waals surface area contributed by atoms with Crippen molar-refractivity contribution in [3.05, 3.63) is 102 Å². The molecule has 0 bridgehead atoms. The Morgan fingerprint density at radius 1 is 0.684 bits per heavy atom. The maximum atomic E-state index is 12.2. The molecule has 16 heteroatoms. The lowest BCUT2D eigenvalue weighted by Crippen LogP contribution is -2.38. The number of rotatable bonds is 10. The van der Waals surface area contributed by atoms with Gasteiger partial charge in [0.1, 0.15) is 0 Å². The standard InChI is InChI=1S/C22H20B2N4O10/c25-21(29)19-13(7-15(27(35)36)9-17(19)23(31)32)5-11-3-1-2-4-12(11)6-14-8-16(28(37)38)10-18(24(33)34)20(14)22(26)30/h1-4,7-10,31-34H,5-6H2,(H2,25,29)(H2,26,30). The van der Waals surface area contributed by atoms with E-state index in [2.05, 4.69) is 0 Å². The van der Waals surface area contributed by atoms with Crippen molar-refractivity contribution in [1.29, 1.82) is 0 Å². The zero-order chi connectivity index (χ0) is 28.3. The zero-order valence-electron chi connectivity index (χ0n) is 19.5. The molecule has 38 heavy (non-hydrogen) atoms. The van der Waals surface area contributed by atoms with Crippen molar-refractivity contribution >= 4 is 48.4 Å². The molecule has 8 N–H and O–H groups in total. The summed E-state index contributed by atoms with van der Waals surface area (Å²) in [7, 11) is -4.48. The molecule has 194 valence electrons. The van der Waals surface area contributed by atoms with Crippen molar-refractivity contribution < 1.29 is 39.5 Å². The SMILES string of the molecule is NC(=O)c1c(Cc2ccccc2Cc2cc([N+](=O)[O-])cc(B(O)O)c2C(N)=O)cc([N+](=O)[O-])cc1B(O)O. The second-order valence-electron chi connectivity index (χ2n) is 8.25. The van der Waals surface area contributed by atoms with E-state index >= 15 is 0 Å². The molecule has 0 unspecified atom stereocenters. The lowest BCUT2D eigenvalue weighted by molar-refractivity contribution is -0.385. The van der Waals surface area contributed by atoms with Crippen LogP contribution in [0.4, 0.5) is 11.4 Å². The van der Waals surface area contributed by atoms with E-state index in [0.29, 0.717) is 11.1 Å². The smallest absolute Gasteiger partial charge is 0.423 e. The van der Waals surface area contributed by atoms with Crippen molar-refractivity contribution in [2.75, 3.05) is 0 Å². The summed E-state index contributed by atoms with van der Waals surface area (Å²) in [5.74, 6) is -2.13. The number of benzene rings is 3. The molecule has 0 aliphatic rings. The van der Waals surface area contributed by atoms with Gasteiger partial charge in [-0.1, -0.05) is 24.3 Å². The van der Waals surface area contributed by atoms with Crippen LogP contribution in [0.3, 0.4) is 0 Å². The highest BCUT2D eigenvalue weighted by Crippen LogP contribution is 2.25. The Kier molecular flexibility index (Phi) is 8.23. The maximum Gasteiger partial charge on any atom is 0.489 e. The predicted molar refractivity (Wildman–Crippen MR) is 135 cm³/mol. The van der Waals surface area contributed by atoms with Gasteiger partial charge in [-0.05, 0) is 35.1 Å². The van der Waals surface area contributed by atoms with Gasteiger partial charge in [0.05, 0.1) is 9.85 Å². The largest absolute Gasteiger partial charge is 0.489 e. The Morgan fingerprint density at radius 3 is 1.29 bits per heavy atom. The fraction of sp³-hybridized carbons (Fsp3) is 0.0909. The van der Waals surface area contributed by atoms with Crippen molar-refractivity contribution in [1.82, 2.24) is 0 Å². The van der Waals surface area contributed by atoms with Gasteiger partial charge in [0, 0.05) is 46.3 Å². The molecule has 0 atom stereocenters. The van der Waals surface area contributed by atoms with Crippen LogP contribution in [0.5, 0.6) is 0 Å². The van der Waals surface area contributed by atoms with Gasteiger partial charge in [-0.15, -0.1) is 0 Å². The molecule has 0 heterocycles. The van der Waals surface area contributed by atoms with E-state index < -0.39 is 58.2 Å². The molecule has 0 fully saturated rings. The van der Waals surface area contributed by atoms with Crippen LogP contribution in [0.25, 0.3) is 0 Å². The molecule has 0 spiro atoms. The van der Waals surface area contributed by atoms with Crippen LogP contribution in [-0.2, 0) is 12.8 Å². The highest BCUT2D eigenvalue weighted by atomic mass is 16.6. The third kappa shape index (κ3) is 5.84. The van der Waals surface area contributed by atoms with Crippen molar-refractivity contribution in [3.8, 4) is 0 Å². The molecule has 14 nitrogen and oxygen atoms in total. The minimum atomic E-state index is -2.24. The number of amides is 2. The number of carbonyl (C=O) groups is 2. The Hall–Kier alpha value is -4.63. The Labute approximate surface area is 214 Å². The second kappa shape index (κ2) is 11.2. The van der Waals surface area contributed by atoms with Crippen LogP contribution >= 0.6 is 0 Å². The van der Waals surface area contributed by atoms with E-state index in [9.17, 15) is 49.9 Å². The maximum absolute atomic E-state index is 12.2. The summed E-state index contributed by atoms with van der Waals surface area (Å²) in [6.45, 7) is 0. The molecule has 0 saturated carbocycles. The highest BCUT2D eigenvalue weighted by Gasteiger charge is 2.29. The molecular formula is C22H20B2N4O10. The van der Waals surface area contributed by atoms with Gasteiger partial charge in [0.25, 0.3) is 11.4 Å². The molecule has 3 aromatic rings. The van der Waals surface area contributed by atoms with E-state index in [-0.39, 0.29) is 35.1 Å². The molecule has 3 rings (SSSR count). The molecule has 0 aromatic heterocycles. The summed E-state index contributed by atoms with van der Waals surface area (Å²) in [5.41, 5.74) is 9.11. The van der Waals surface area contributed by atoms with E-state index in [1.807, 2.05) is 0 Å². The molecule has 2 amide bonds. The number of hydrogen-bond acceptors (Lipinski definition) is 10. The monoisotopic (exact) mass is 522 g/mol. The summed E-state index contributed by atoms with van der Waals surface area (Å²) in [4.78, 5) is 45.7. The minimum Gasteiger partial charge on any atom is -0.423 e. The average molecular weight is 522 g/mol. The zero-order valence-corrected chi connectivity index (χ0v) is 19.5. The highest BCUT2D eigenvalue weighted by molar-refractivity contribution is 6.61. The van der Waals surface area contributed by atoms with Gasteiger partial charge < -0.3 is 31.6 Å². The van der Waals surface area contributed by atoms with Crippen LogP contribution in [0, 0.1) is 20.2 Å². The number of non-ortho nitro benzene ring substituents is 2. The minimum absolute atomic E-state index is 0.00267. The number of primary amides is 2. The fourth-order valence-electron chi connectivity index (χ4n) is 4.23. The lowest BCUT2D eigenvalue weighted by atomic mass is 9.73. The lowest BCUT2D eigenvalue weighted by Gasteiger charge is -2.16. The number of hydrogen-bond donors (Lipinski definition) is 6. The topological polar surface area (TPSA) is 253 Å². The van der Waals surface area contributed by atoms with Gasteiger partial charge >= 0.3 is 14.2 Å². The fourth-order valence-corrected chi connectivity index (χ4v) is 4.23. The van der Waals surface area contributed by atoms with Gasteiger partial charge in [-0.25, -0.2) is 0 Å². The molecule has 3 aromatic carbocycles. The first-order valence-electron chi connectivity index (χ1n) is 10.8. The number of nitrogens with two attached hydrogens (primary N) is 2. The number of nitro groups is 2. The number of nitrogens with zero attached hydrogens (tertiary/aromatic N) is 2. The second-order valence-corrected chi connectivity index (χ2v) is 8.25.